The first-order valence-electron chi connectivity index (χ1n) is 12.7. The predicted octanol–water partition coefficient (Wildman–Crippen LogP) is 5.57. The highest BCUT2D eigenvalue weighted by atomic mass is 16.5. The van der Waals surface area contributed by atoms with Crippen LogP contribution in [0, 0.1) is 0 Å². The number of ether oxygens (including phenoxy) is 7. The molecule has 9 heteroatoms. The van der Waals surface area contributed by atoms with Crippen molar-refractivity contribution < 1.29 is 42.7 Å². The van der Waals surface area contributed by atoms with Gasteiger partial charge in [0, 0.05) is 28.7 Å². The van der Waals surface area contributed by atoms with Crippen molar-refractivity contribution in [1.29, 1.82) is 0 Å². The molecular weight excluding hydrogens is 516 g/mol. The number of fused-ring (bicyclic) bond motifs is 3. The number of para-hydroxylation sites is 1. The van der Waals surface area contributed by atoms with E-state index >= 15 is 0 Å². The van der Waals surface area contributed by atoms with E-state index in [0.717, 1.165) is 5.56 Å². The third kappa shape index (κ3) is 4.68. The molecule has 0 spiro atoms. The minimum absolute atomic E-state index is 0.0329. The summed E-state index contributed by atoms with van der Waals surface area (Å²) < 4.78 is 39.9. The van der Waals surface area contributed by atoms with Crippen LogP contribution in [0.25, 0.3) is 6.08 Å². The van der Waals surface area contributed by atoms with Crippen LogP contribution in [-0.2, 0) is 4.79 Å². The number of methoxy groups -OCH3 is 4. The highest BCUT2D eigenvalue weighted by Gasteiger charge is 2.40. The third-order valence-corrected chi connectivity index (χ3v) is 6.76. The van der Waals surface area contributed by atoms with Gasteiger partial charge in [0.05, 0.1) is 46.5 Å². The van der Waals surface area contributed by atoms with Crippen molar-refractivity contribution in [1.82, 2.24) is 0 Å². The molecule has 0 N–H and O–H groups in total. The Morgan fingerprint density at radius 2 is 1.55 bits per heavy atom. The predicted molar refractivity (Wildman–Crippen MR) is 146 cm³/mol. The number of hydrogen-bond donors (Lipinski definition) is 0. The minimum atomic E-state index is -0.502. The Balaban J connectivity index is 1.64. The van der Waals surface area contributed by atoms with Crippen molar-refractivity contribution in [2.24, 2.45) is 0 Å². The van der Waals surface area contributed by atoms with Crippen LogP contribution in [0.3, 0.4) is 0 Å². The average Bonchev–Trinajstić information content (AvgIpc) is 3.26. The zero-order valence-corrected chi connectivity index (χ0v) is 23.2. The van der Waals surface area contributed by atoms with E-state index in [1.807, 2.05) is 26.0 Å². The number of carbonyl (C=O) groups excluding carboxylic acids is 2. The Kier molecular flexibility index (Phi) is 7.30. The number of Topliss-reactive ketones (excluding diaryl/α,β-unsaturated/α-hetero) is 1. The van der Waals surface area contributed by atoms with Crippen LogP contribution in [0.5, 0.6) is 40.2 Å². The van der Waals surface area contributed by atoms with Crippen LogP contribution < -0.4 is 33.2 Å². The van der Waals surface area contributed by atoms with Crippen molar-refractivity contribution in [3.63, 3.8) is 0 Å². The number of allylic oxidation sites excluding steroid dienone is 1. The molecule has 0 aliphatic carbocycles. The van der Waals surface area contributed by atoms with Crippen LogP contribution in [0.2, 0.25) is 0 Å². The molecule has 40 heavy (non-hydrogen) atoms. The number of hydrogen-bond acceptors (Lipinski definition) is 9. The average molecular weight is 547 g/mol. The van der Waals surface area contributed by atoms with E-state index < -0.39 is 11.9 Å². The van der Waals surface area contributed by atoms with E-state index in [9.17, 15) is 9.59 Å². The van der Waals surface area contributed by atoms with Gasteiger partial charge in [0.1, 0.15) is 17.2 Å². The Bertz CT molecular complexity index is 1520. The molecule has 0 amide bonds. The van der Waals surface area contributed by atoms with Gasteiger partial charge < -0.3 is 33.2 Å². The first kappa shape index (κ1) is 26.9. The van der Waals surface area contributed by atoms with E-state index in [1.165, 1.54) is 21.3 Å². The van der Waals surface area contributed by atoms with Gasteiger partial charge in [0.15, 0.2) is 28.8 Å². The van der Waals surface area contributed by atoms with Crippen LogP contribution in [-0.4, -0.2) is 46.3 Å². The number of ketones is 1. The van der Waals surface area contributed by atoms with Crippen molar-refractivity contribution in [3.8, 4) is 40.2 Å². The molecule has 5 rings (SSSR count). The molecule has 1 unspecified atom stereocenters. The Labute approximate surface area is 232 Å². The number of rotatable bonds is 8. The lowest BCUT2D eigenvalue weighted by atomic mass is 9.84. The Morgan fingerprint density at radius 1 is 0.850 bits per heavy atom. The molecule has 0 bridgehead atoms. The summed E-state index contributed by atoms with van der Waals surface area (Å²) >= 11 is 0. The van der Waals surface area contributed by atoms with Gasteiger partial charge in [-0.2, -0.15) is 0 Å². The van der Waals surface area contributed by atoms with Gasteiger partial charge in [-0.15, -0.1) is 0 Å². The standard InChI is InChI=1S/C31H30O9/c1-16(2)38-30-18(8-7-9-22(30)34-3)20-14-27(32)39-21-11-10-19-29(33)26(40-31(19)28(20)21)13-17-12-24(36-5)25(37-6)15-23(17)35-4/h7-13,15-16,20H,14H2,1-6H3. The smallest absolute Gasteiger partial charge is 0.312 e. The molecule has 0 saturated heterocycles. The zero-order valence-electron chi connectivity index (χ0n) is 23.2. The van der Waals surface area contributed by atoms with E-state index in [4.69, 9.17) is 33.2 Å². The molecule has 3 aromatic carbocycles. The fourth-order valence-corrected chi connectivity index (χ4v) is 5.01. The SMILES string of the molecule is COc1cc(OC)c(OC)cc1C=C1Oc2c(ccc3c2C(c2cccc(OC)c2OC(C)C)CC(=O)O3)C1=O. The summed E-state index contributed by atoms with van der Waals surface area (Å²) in [6, 6.07) is 12.1. The first-order chi connectivity index (χ1) is 19.3. The maximum absolute atomic E-state index is 13.5. The van der Waals surface area contributed by atoms with E-state index in [2.05, 4.69) is 0 Å². The molecule has 2 heterocycles. The summed E-state index contributed by atoms with van der Waals surface area (Å²) in [5.41, 5.74) is 2.25. The van der Waals surface area contributed by atoms with Crippen molar-refractivity contribution in [2.75, 3.05) is 28.4 Å². The number of benzene rings is 3. The summed E-state index contributed by atoms with van der Waals surface area (Å²) in [4.78, 5) is 26.2. The normalized spacial score (nSPS) is 16.7. The monoisotopic (exact) mass is 546 g/mol. The largest absolute Gasteiger partial charge is 0.496 e. The van der Waals surface area contributed by atoms with E-state index in [0.29, 0.717) is 56.9 Å². The minimum Gasteiger partial charge on any atom is -0.496 e. The molecule has 0 aromatic heterocycles. The van der Waals surface area contributed by atoms with Gasteiger partial charge in [0.25, 0.3) is 0 Å². The van der Waals surface area contributed by atoms with Gasteiger partial charge in [-0.05, 0) is 44.2 Å². The fourth-order valence-electron chi connectivity index (χ4n) is 5.01. The Hall–Kier alpha value is -4.66. The summed E-state index contributed by atoms with van der Waals surface area (Å²) in [6.45, 7) is 3.83. The fraction of sp³-hybridized carbons (Fsp3) is 0.290. The molecule has 1 atom stereocenters. The molecule has 3 aromatic rings. The number of esters is 1. The molecule has 2 aliphatic heterocycles. The molecule has 2 aliphatic rings. The molecule has 0 radical (unpaired) electrons. The van der Waals surface area contributed by atoms with Crippen LogP contribution in [0.15, 0.2) is 48.2 Å². The molecule has 0 saturated carbocycles. The first-order valence-corrected chi connectivity index (χ1v) is 12.7. The van der Waals surface area contributed by atoms with Gasteiger partial charge in [-0.3, -0.25) is 9.59 Å². The summed E-state index contributed by atoms with van der Waals surface area (Å²) in [5.74, 6) is 2.04. The van der Waals surface area contributed by atoms with E-state index in [-0.39, 0.29) is 24.1 Å². The highest BCUT2D eigenvalue weighted by Crippen LogP contribution is 2.52. The molecular formula is C31H30O9. The third-order valence-electron chi connectivity index (χ3n) is 6.76. The van der Waals surface area contributed by atoms with E-state index in [1.54, 1.807) is 43.5 Å². The quantitative estimate of drug-likeness (QED) is 0.204. The summed E-state index contributed by atoms with van der Waals surface area (Å²) in [5, 5.41) is 0. The number of carbonyl (C=O) groups is 2. The van der Waals surface area contributed by atoms with Crippen LogP contribution in [0.1, 0.15) is 53.2 Å². The lowest BCUT2D eigenvalue weighted by molar-refractivity contribution is -0.135. The summed E-state index contributed by atoms with van der Waals surface area (Å²) in [7, 11) is 6.14. The van der Waals surface area contributed by atoms with Gasteiger partial charge in [0.2, 0.25) is 5.78 Å². The molecule has 208 valence electrons. The second-order valence-electron chi connectivity index (χ2n) is 9.52. The van der Waals surface area contributed by atoms with Crippen molar-refractivity contribution in [3.05, 3.63) is 70.5 Å². The second kappa shape index (κ2) is 10.8. The molecule has 0 fully saturated rings. The zero-order chi connectivity index (χ0) is 28.6. The lowest BCUT2D eigenvalue weighted by Gasteiger charge is -2.28. The van der Waals surface area contributed by atoms with Crippen LogP contribution >= 0.6 is 0 Å². The Morgan fingerprint density at radius 3 is 2.23 bits per heavy atom. The lowest BCUT2D eigenvalue weighted by Crippen LogP contribution is -2.22. The van der Waals surface area contributed by atoms with Crippen LogP contribution in [0.4, 0.5) is 0 Å². The molecule has 9 nitrogen and oxygen atoms in total. The second-order valence-corrected chi connectivity index (χ2v) is 9.52. The topological polar surface area (TPSA) is 98.8 Å². The van der Waals surface area contributed by atoms with Gasteiger partial charge >= 0.3 is 5.97 Å². The van der Waals surface area contributed by atoms with Crippen molar-refractivity contribution >= 4 is 17.8 Å². The maximum atomic E-state index is 13.5. The van der Waals surface area contributed by atoms with Crippen molar-refractivity contribution in [2.45, 2.75) is 32.3 Å². The van der Waals surface area contributed by atoms with Gasteiger partial charge in [-0.25, -0.2) is 0 Å². The highest BCUT2D eigenvalue weighted by molar-refractivity contribution is 6.15. The summed E-state index contributed by atoms with van der Waals surface area (Å²) in [6.07, 6.45) is 1.49. The van der Waals surface area contributed by atoms with Gasteiger partial charge in [-0.1, -0.05) is 12.1 Å². The maximum Gasteiger partial charge on any atom is 0.312 e.